The highest BCUT2D eigenvalue weighted by Gasteiger charge is 2.12. The highest BCUT2D eigenvalue weighted by Crippen LogP contribution is 2.23. The van der Waals surface area contributed by atoms with Crippen molar-refractivity contribution in [1.29, 1.82) is 22.9 Å². The fraction of sp³-hybridized carbons (Fsp3) is 0.333. The first-order valence-corrected chi connectivity index (χ1v) is 25.9. The molecule has 0 aliphatic rings. The normalized spacial score (nSPS) is 24.8. The Balaban J connectivity index is 0.000000938. The van der Waals surface area contributed by atoms with Gasteiger partial charge >= 0.3 is 0 Å². The summed E-state index contributed by atoms with van der Waals surface area (Å²) in [6.07, 6.45) is -16.6. The molecule has 4 unspecified atom stereocenters. The monoisotopic (exact) mass is 1410 g/mol. The van der Waals surface area contributed by atoms with Crippen LogP contribution in [0.2, 0.25) is 11.3 Å². The third-order valence-corrected chi connectivity index (χ3v) is 9.29. The van der Waals surface area contributed by atoms with Gasteiger partial charge in [0.25, 0.3) is 11.4 Å². The Morgan fingerprint density at radius 2 is 0.479 bits per heavy atom. The zero-order valence-electron chi connectivity index (χ0n) is 119. The van der Waals surface area contributed by atoms with Crippen molar-refractivity contribution in [3.8, 4) is 46.0 Å². The summed E-state index contributed by atoms with van der Waals surface area (Å²) in [6, 6.07) is -21.1. The molecule has 0 spiro atoms. The van der Waals surface area contributed by atoms with E-state index in [0.29, 0.717) is 10.6 Å². The van der Waals surface area contributed by atoms with Crippen LogP contribution in [-0.4, -0.2) is 213 Å². The molecule has 0 radical (unpaired) electrons. The van der Waals surface area contributed by atoms with Crippen molar-refractivity contribution in [1.82, 2.24) is 42.5 Å². The largest absolute Gasteiger partial charge is 0.508 e. The van der Waals surface area contributed by atoms with Crippen molar-refractivity contribution in [2.75, 3.05) is 109 Å². The van der Waals surface area contributed by atoms with Crippen LogP contribution >= 0.6 is 0 Å². The second kappa shape index (κ2) is 50.9. The molecule has 0 aliphatic carbocycles. The van der Waals surface area contributed by atoms with E-state index in [4.69, 9.17) is 94.5 Å². The van der Waals surface area contributed by atoms with E-state index in [1.807, 2.05) is 0 Å². The maximum absolute atomic E-state index is 8.02. The number of phenolic OH excluding ortho intramolecular Hbond substituents is 8. The van der Waals surface area contributed by atoms with Gasteiger partial charge in [0.1, 0.15) is 57.3 Å². The molecule has 528 valence electrons. The number of hydrogen-bond acceptors (Lipinski definition) is 24. The summed E-state index contributed by atoms with van der Waals surface area (Å²) in [6.45, 7) is -12.3. The summed E-state index contributed by atoms with van der Waals surface area (Å²) in [4.78, 5) is 0. The lowest BCUT2D eigenvalue weighted by molar-refractivity contribution is 0.177. The summed E-state index contributed by atoms with van der Waals surface area (Å²) in [5.74, 6) is -4.95. The van der Waals surface area contributed by atoms with E-state index in [0.717, 1.165) is 49.4 Å². The number of aliphatic hydroxyl groups is 8. The maximum Gasteiger partial charge on any atom is 0.293 e. The Hall–Kier alpha value is -8.48. The number of aliphatic hydroxyl groups excluding tert-OH is 4. The average molecular weight is 1410 g/mol. The highest BCUT2D eigenvalue weighted by atomic mass is 16.3. The van der Waals surface area contributed by atoms with Crippen LogP contribution < -0.4 is 42.5 Å². The van der Waals surface area contributed by atoms with E-state index in [1.165, 1.54) is 28.2 Å². The molecule has 0 bridgehead atoms. The summed E-state index contributed by atoms with van der Waals surface area (Å²) >= 11 is 0. The molecule has 8 aromatic rings. The topological polar surface area (TPSA) is 420 Å². The van der Waals surface area contributed by atoms with Gasteiger partial charge in [0, 0.05) is 63.1 Å². The van der Waals surface area contributed by atoms with Crippen molar-refractivity contribution in [3.63, 3.8) is 0 Å². The molecule has 8 rings (SSSR count). The Labute approximate surface area is 661 Å². The van der Waals surface area contributed by atoms with E-state index in [1.54, 1.807) is 0 Å². The molecular weight excluding hydrogens is 1230 g/mol. The molecule has 24 nitrogen and oxygen atoms in total. The lowest BCUT2D eigenvalue weighted by Gasteiger charge is -2.09. The van der Waals surface area contributed by atoms with Gasteiger partial charge in [0.05, 0.1) is 98.1 Å². The summed E-state index contributed by atoms with van der Waals surface area (Å²) in [5, 5.41) is 71.2. The summed E-state index contributed by atoms with van der Waals surface area (Å²) in [5.41, 5.74) is -4.08. The first-order valence-electron chi connectivity index (χ1n) is 58.0. The third kappa shape index (κ3) is 37.6. The predicted molar refractivity (Wildman–Crippen MR) is 376 cm³/mol. The Bertz CT molecular complexity index is 6060. The first kappa shape index (κ1) is 27.1. The van der Waals surface area contributed by atoms with Crippen LogP contribution in [0.25, 0.3) is 0 Å². The lowest BCUT2D eigenvalue weighted by Crippen LogP contribution is -2.16. The van der Waals surface area contributed by atoms with Crippen LogP contribution in [0.4, 0.5) is 0 Å². The summed E-state index contributed by atoms with van der Waals surface area (Å²) < 4.78 is 508. The smallest absolute Gasteiger partial charge is 0.293 e. The molecule has 0 saturated carbocycles. The standard InChI is InChI=1S/8C9H13NO2/c8*1-10-6-9(12)7-3-2-4-8(11)5-7/h8*2-5,9-12H,6H2,1H3/t4*9-;;;;/m0000..../s1/i2D,3D,4D,5D,6D2,9D,12D;2D,3D,4D,5D,9D,12D;2D,3D,4D,5D,6D2,12D;2D,3D,4D,5D,12D;2D,3D,4D,5D,6D2,9D,12D;2D,3D,4D,5D,9D,12D;2D,3D,4D,5D,6D2,12D;2D,3D,4D,5D,12D/hD16. The van der Waals surface area contributed by atoms with Gasteiger partial charge in [0.15, 0.2) is 0 Å². The van der Waals surface area contributed by atoms with Gasteiger partial charge in [-0.1, -0.05) is 96.7 Å². The van der Waals surface area contributed by atoms with Crippen LogP contribution in [0.1, 0.15) is 154 Å². The van der Waals surface area contributed by atoms with Gasteiger partial charge in [0.2, 0.25) is 11.4 Å². The number of aromatic hydroxyl groups is 8. The van der Waals surface area contributed by atoms with Crippen molar-refractivity contribution >= 4 is 0 Å². The average Bonchev–Trinajstić information content (AvgIpc) is 0.730. The van der Waals surface area contributed by atoms with Crippen molar-refractivity contribution < 1.29 is 153 Å². The minimum absolute atomic E-state index is 0.102. The number of hydrogen-bond donors (Lipinski definition) is 24. The molecular formula is C72H104N8O16. The molecule has 96 heavy (non-hydrogen) atoms. The SMILES string of the molecule is [2H]Oc1c([2H])c([2H])c([2H])c(C(CN([2H])C)O[2H])c1[2H].[2H]Oc1c([2H])c([2H])c([2H])c(C(O[2H])C([2H])([2H])N([2H])C)c1[2H].[2H]Oc1c([2H])c([2H])c([2H])c(C([2H])(CN([2H])C)O[2H])c1[2H].[2H]Oc1c([2H])c([2H])c([2H])c(C([2H])(O[2H])C([2H])([2H])N([2H])C)c1[2H].[2H]Oc1c([2H])c([2H])c([2H])c([C@@H](O[2H])C([2H])([2H])N([2H])C)c1[2H].[2H]Oc1c([2H])c([2H])c([2H])c([C@@]([2H])(O[2H])C([2H])([2H])N([2H])C)c1[2H].[2H]Oc1c([2H])c([2H])c([2H])c([C@H](CN([2H])C)O[2H])c1[2H].[2H]Oc1c([2H])c([2H])c([2H])c([C@]([2H])(CN([2H])C)O[2H])c1[2H]. The number of phenols is 8. The fourth-order valence-electron chi connectivity index (χ4n) is 5.39. The zero-order chi connectivity index (χ0) is 129. The molecule has 0 fully saturated rings. The number of rotatable bonds is 40. The van der Waals surface area contributed by atoms with Crippen LogP contribution in [0, 0.1) is 0 Å². The van der Waals surface area contributed by atoms with Crippen LogP contribution in [0.3, 0.4) is 0 Å². The molecule has 0 aliphatic heterocycles. The molecule has 0 amide bonds. The van der Waals surface area contributed by atoms with E-state index in [9.17, 15) is 0 Å². The van der Waals surface area contributed by atoms with E-state index >= 15 is 0 Å². The van der Waals surface area contributed by atoms with Crippen LogP contribution in [-0.2, 0) is 0 Å². The molecule has 8 atom stereocenters. The van der Waals surface area contributed by atoms with Gasteiger partial charge in [-0.25, -0.2) is 0 Å². The lowest BCUT2D eigenvalue weighted by atomic mass is 10.1. The van der Waals surface area contributed by atoms with Gasteiger partial charge in [-0.3, -0.25) is 0 Å². The highest BCUT2D eigenvalue weighted by molar-refractivity contribution is 5.34. The van der Waals surface area contributed by atoms with Crippen LogP contribution in [0.15, 0.2) is 193 Å². The number of benzene rings is 8. The van der Waals surface area contributed by atoms with Gasteiger partial charge in [-0.05, 0) is 198 Å². The quantitative estimate of drug-likeness (QED) is 0.0236. The number of likely N-dealkylation sites (N-methyl/N-ethyl adjacent to an activating group) is 8. The minimum Gasteiger partial charge on any atom is -0.508 e. The van der Waals surface area contributed by atoms with Crippen molar-refractivity contribution in [2.45, 2.75) is 48.7 Å². The molecule has 0 heterocycles. The van der Waals surface area contributed by atoms with E-state index < -0.39 is 361 Å². The number of nitrogens with one attached hydrogen (secondary N) is 8. The van der Waals surface area contributed by atoms with E-state index in [-0.39, 0.29) is 34.8 Å². The molecule has 24 heteroatoms. The maximum atomic E-state index is 8.02. The Morgan fingerprint density at radius 1 is 0.271 bits per heavy atom. The Kier molecular flexibility index (Phi) is 14.4. The van der Waals surface area contributed by atoms with Gasteiger partial charge < -0.3 is 124 Å². The van der Waals surface area contributed by atoms with Gasteiger partial charge in [-0.2, -0.15) is 0 Å². The second-order valence-corrected chi connectivity index (χ2v) is 16.4. The fourth-order valence-corrected chi connectivity index (χ4v) is 5.39. The third-order valence-electron chi connectivity index (χ3n) is 9.29. The van der Waals surface area contributed by atoms with Crippen molar-refractivity contribution in [2.24, 2.45) is 0 Å². The molecule has 0 aromatic heterocycles. The molecule has 24 N–H and O–H groups in total. The summed E-state index contributed by atoms with van der Waals surface area (Å²) in [7, 11) is 9.39. The van der Waals surface area contributed by atoms with E-state index in [2.05, 4.69) is 81.7 Å². The molecule has 8 aromatic carbocycles. The molecule has 0 saturated heterocycles. The van der Waals surface area contributed by atoms with Crippen molar-refractivity contribution in [3.05, 3.63) is 238 Å². The minimum atomic E-state index is -3.05. The van der Waals surface area contributed by atoms with Gasteiger partial charge in [-0.15, -0.1) is 0 Å². The second-order valence-electron chi connectivity index (χ2n) is 16.4. The zero-order valence-corrected chi connectivity index (χ0v) is 51.2. The predicted octanol–water partition coefficient (Wildman–Crippen LogP) is 5.16. The first-order chi connectivity index (χ1) is 75.2. The van der Waals surface area contributed by atoms with Crippen LogP contribution in [0.5, 0.6) is 46.0 Å². The Morgan fingerprint density at radius 3 is 0.677 bits per heavy atom.